The van der Waals surface area contributed by atoms with E-state index >= 15 is 0 Å². The Morgan fingerprint density at radius 1 is 1.15 bits per heavy atom. The highest BCUT2D eigenvalue weighted by Gasteiger charge is 2.17. The first-order valence-electron chi connectivity index (χ1n) is 3.94. The molecule has 2 N–H and O–H groups in total. The van der Waals surface area contributed by atoms with Gasteiger partial charge in [-0.3, -0.25) is 4.79 Å². The topological polar surface area (TPSA) is 78.9 Å². The molecule has 0 radical (unpaired) electrons. The van der Waals surface area contributed by atoms with Crippen LogP contribution in [-0.4, -0.2) is 5.78 Å². The summed E-state index contributed by atoms with van der Waals surface area (Å²) in [5.41, 5.74) is 13.1. The van der Waals surface area contributed by atoms with Crippen LogP contribution in [0.3, 0.4) is 0 Å². The highest BCUT2D eigenvalue weighted by atomic mass is 16.1. The normalized spacial score (nSPS) is 12.5. The molecular formula is C9H10N3O+. The summed E-state index contributed by atoms with van der Waals surface area (Å²) >= 11 is 0. The Balaban J connectivity index is 0.000000251. The van der Waals surface area contributed by atoms with Gasteiger partial charge < -0.3 is 0 Å². The number of hydrogen-bond acceptors (Lipinski definition) is 3. The van der Waals surface area contributed by atoms with E-state index in [0.29, 0.717) is 12.2 Å². The van der Waals surface area contributed by atoms with Crippen molar-refractivity contribution in [1.82, 2.24) is 4.91 Å². The molecule has 0 saturated carbocycles. The summed E-state index contributed by atoms with van der Waals surface area (Å²) in [6.45, 7) is 0. The Hall–Kier alpha value is -1.80. The lowest BCUT2D eigenvalue weighted by atomic mass is 10.1. The average Bonchev–Trinajstić information content (AvgIpc) is 2.50. The van der Waals surface area contributed by atoms with Crippen molar-refractivity contribution in [2.75, 3.05) is 0 Å². The molecular weight excluding hydrogens is 166 g/mol. The number of nitrogens with one attached hydrogen (secondary N) is 2. The van der Waals surface area contributed by atoms with Crippen molar-refractivity contribution in [2.24, 2.45) is 0 Å². The molecule has 0 aliphatic heterocycles. The van der Waals surface area contributed by atoms with Crippen molar-refractivity contribution in [3.05, 3.63) is 35.4 Å². The fraction of sp³-hybridized carbons (Fsp3) is 0.222. The van der Waals surface area contributed by atoms with Crippen LogP contribution < -0.4 is 4.91 Å². The van der Waals surface area contributed by atoms with Gasteiger partial charge in [0.2, 0.25) is 4.91 Å². The minimum atomic E-state index is 0.301. The lowest BCUT2D eigenvalue weighted by Gasteiger charge is -1.92. The molecule has 4 heteroatoms. The van der Waals surface area contributed by atoms with Crippen LogP contribution >= 0.6 is 0 Å². The molecule has 0 atom stereocenters. The number of fused-ring (bicyclic) bond motifs is 1. The summed E-state index contributed by atoms with van der Waals surface area (Å²) < 4.78 is 0. The molecule has 0 unspecified atom stereocenters. The molecule has 0 saturated heterocycles. The molecule has 1 aliphatic rings. The van der Waals surface area contributed by atoms with Crippen LogP contribution in [0.2, 0.25) is 0 Å². The quantitative estimate of drug-likeness (QED) is 0.459. The van der Waals surface area contributed by atoms with Crippen molar-refractivity contribution in [1.29, 1.82) is 11.1 Å². The summed E-state index contributed by atoms with van der Waals surface area (Å²) in [4.78, 5) is 13.1. The summed E-state index contributed by atoms with van der Waals surface area (Å²) in [7, 11) is 0. The summed E-state index contributed by atoms with van der Waals surface area (Å²) in [6, 6.07) is 7.84. The number of benzene rings is 1. The third-order valence-electron chi connectivity index (χ3n) is 1.94. The second kappa shape index (κ2) is 4.28. The van der Waals surface area contributed by atoms with Crippen LogP contribution in [0.25, 0.3) is 0 Å². The van der Waals surface area contributed by atoms with E-state index in [-0.39, 0.29) is 0 Å². The predicted octanol–water partition coefficient (Wildman–Crippen LogP) is 1.93. The van der Waals surface area contributed by atoms with Gasteiger partial charge in [-0.05, 0) is 12.0 Å². The first-order chi connectivity index (χ1) is 6.29. The fourth-order valence-corrected chi connectivity index (χ4v) is 1.39. The summed E-state index contributed by atoms with van der Waals surface area (Å²) in [6.07, 6.45) is 1.65. The van der Waals surface area contributed by atoms with Gasteiger partial charge in [-0.1, -0.05) is 24.3 Å². The van der Waals surface area contributed by atoms with Gasteiger partial charge in [0.05, 0.1) is 0 Å². The maximum Gasteiger partial charge on any atom is 0.211 e. The smallest absolute Gasteiger partial charge is 0.211 e. The Morgan fingerprint density at radius 2 is 1.77 bits per heavy atom. The zero-order valence-electron chi connectivity index (χ0n) is 7.08. The predicted molar refractivity (Wildman–Crippen MR) is 46.7 cm³/mol. The number of carbonyl (C=O) groups excluding carboxylic acids is 1. The molecule has 1 aromatic rings. The van der Waals surface area contributed by atoms with E-state index in [2.05, 4.69) is 0 Å². The van der Waals surface area contributed by atoms with Crippen LogP contribution in [0.15, 0.2) is 24.3 Å². The Kier molecular flexibility index (Phi) is 3.06. The minimum Gasteiger partial charge on any atom is -0.294 e. The number of Topliss-reactive ketones (excluding diaryl/α,β-unsaturated/α-hetero) is 1. The third kappa shape index (κ3) is 2.07. The van der Waals surface area contributed by atoms with Gasteiger partial charge in [-0.2, -0.15) is 0 Å². The molecule has 4 nitrogen and oxygen atoms in total. The zero-order valence-corrected chi connectivity index (χ0v) is 7.08. The average molecular weight is 176 g/mol. The number of aryl methyl sites for hydroxylation is 1. The van der Waals surface area contributed by atoms with Crippen molar-refractivity contribution in [3.63, 3.8) is 0 Å². The van der Waals surface area contributed by atoms with Gasteiger partial charge in [0.1, 0.15) is 11.1 Å². The lowest BCUT2D eigenvalue weighted by Crippen LogP contribution is -1.88. The number of rotatable bonds is 0. The maximum absolute atomic E-state index is 11.1. The van der Waals surface area contributed by atoms with E-state index in [1.165, 1.54) is 5.56 Å². The van der Waals surface area contributed by atoms with Crippen molar-refractivity contribution < 1.29 is 4.79 Å². The zero-order chi connectivity index (χ0) is 9.68. The van der Waals surface area contributed by atoms with E-state index in [1.807, 2.05) is 29.2 Å². The molecule has 0 amide bonds. The second-order valence-electron chi connectivity index (χ2n) is 2.69. The first kappa shape index (κ1) is 9.29. The van der Waals surface area contributed by atoms with E-state index in [0.717, 1.165) is 12.0 Å². The van der Waals surface area contributed by atoms with Gasteiger partial charge in [0.25, 0.3) is 0 Å². The summed E-state index contributed by atoms with van der Waals surface area (Å²) in [5, 5.41) is 0. The lowest BCUT2D eigenvalue weighted by molar-refractivity contribution is 0.0994. The van der Waals surface area contributed by atoms with Crippen molar-refractivity contribution in [2.45, 2.75) is 12.8 Å². The maximum atomic E-state index is 11.1. The van der Waals surface area contributed by atoms with Gasteiger partial charge in [0.15, 0.2) is 5.78 Å². The van der Waals surface area contributed by atoms with Gasteiger partial charge in [-0.15, -0.1) is 0 Å². The largest absolute Gasteiger partial charge is 0.294 e. The van der Waals surface area contributed by atoms with Crippen LogP contribution in [0.4, 0.5) is 0 Å². The molecule has 0 heterocycles. The molecule has 1 aromatic carbocycles. The molecule has 66 valence electrons. The summed E-state index contributed by atoms with van der Waals surface area (Å²) in [5.74, 6) is 0.301. The van der Waals surface area contributed by atoms with Crippen LogP contribution in [0.1, 0.15) is 22.3 Å². The van der Waals surface area contributed by atoms with E-state index in [1.54, 1.807) is 0 Å². The fourth-order valence-electron chi connectivity index (χ4n) is 1.39. The van der Waals surface area contributed by atoms with Crippen LogP contribution in [-0.2, 0) is 6.42 Å². The van der Waals surface area contributed by atoms with Gasteiger partial charge in [-0.25, -0.2) is 0 Å². The molecule has 2 rings (SSSR count). The Bertz CT molecular complexity index is 354. The molecule has 0 fully saturated rings. The number of carbonyl (C=O) groups is 1. The van der Waals surface area contributed by atoms with Crippen molar-refractivity contribution in [3.8, 4) is 0 Å². The Labute approximate surface area is 75.6 Å². The number of nitrogens with zero attached hydrogens (tertiary/aromatic N) is 1. The SMILES string of the molecule is N=[N+]=N.O=C1CCc2ccccc21. The molecule has 0 spiro atoms. The monoisotopic (exact) mass is 176 g/mol. The molecule has 0 aromatic heterocycles. The van der Waals surface area contributed by atoms with E-state index in [4.69, 9.17) is 11.1 Å². The highest BCUT2D eigenvalue weighted by Crippen LogP contribution is 2.20. The van der Waals surface area contributed by atoms with Gasteiger partial charge in [0, 0.05) is 12.0 Å². The van der Waals surface area contributed by atoms with Crippen molar-refractivity contribution >= 4 is 5.78 Å². The second-order valence-corrected chi connectivity index (χ2v) is 2.69. The van der Waals surface area contributed by atoms with E-state index < -0.39 is 0 Å². The highest BCUT2D eigenvalue weighted by molar-refractivity contribution is 6.00. The van der Waals surface area contributed by atoms with E-state index in [9.17, 15) is 4.79 Å². The number of ketones is 1. The van der Waals surface area contributed by atoms with Crippen LogP contribution in [0, 0.1) is 11.1 Å². The minimum absolute atomic E-state index is 0.301. The number of hydrogen-bond donors (Lipinski definition) is 2. The standard InChI is InChI=1S/C9H8O.H2N3/c10-9-6-5-7-3-1-2-4-8(7)9;1-3-2/h1-4H,5-6H2;1-2H/q;+1. The molecule has 13 heavy (non-hydrogen) atoms. The Morgan fingerprint density at radius 3 is 2.38 bits per heavy atom. The molecule has 1 aliphatic carbocycles. The first-order valence-corrected chi connectivity index (χ1v) is 3.94. The third-order valence-corrected chi connectivity index (χ3v) is 1.94. The van der Waals surface area contributed by atoms with Gasteiger partial charge >= 0.3 is 0 Å². The van der Waals surface area contributed by atoms with Crippen LogP contribution in [0.5, 0.6) is 0 Å². The molecule has 0 bridgehead atoms.